The molecule has 0 spiro atoms. The van der Waals surface area contributed by atoms with E-state index in [1.165, 1.54) is 0 Å². The highest BCUT2D eigenvalue weighted by molar-refractivity contribution is 7.98. The zero-order valence-corrected chi connectivity index (χ0v) is 15.3. The lowest BCUT2D eigenvalue weighted by Gasteiger charge is -2.33. The van der Waals surface area contributed by atoms with Crippen LogP contribution in [0, 0.1) is 0 Å². The summed E-state index contributed by atoms with van der Waals surface area (Å²) in [6.07, 6.45) is 1.80. The molecule has 0 bridgehead atoms. The third-order valence-electron chi connectivity index (χ3n) is 4.05. The Kier molecular flexibility index (Phi) is 5.93. The highest BCUT2D eigenvalue weighted by Crippen LogP contribution is 2.23. The van der Waals surface area contributed by atoms with Crippen molar-refractivity contribution >= 4 is 17.9 Å². The van der Waals surface area contributed by atoms with Crippen LogP contribution in [-0.4, -0.2) is 65.1 Å². The molecule has 25 heavy (non-hydrogen) atoms. The Morgan fingerprint density at radius 1 is 1.32 bits per heavy atom. The van der Waals surface area contributed by atoms with Gasteiger partial charge in [0.05, 0.1) is 13.2 Å². The van der Waals surface area contributed by atoms with Crippen LogP contribution in [0.2, 0.25) is 0 Å². The van der Waals surface area contributed by atoms with Crippen molar-refractivity contribution in [1.29, 1.82) is 0 Å². The van der Waals surface area contributed by atoms with E-state index in [1.807, 2.05) is 31.4 Å². The highest BCUT2D eigenvalue weighted by atomic mass is 32.2. The summed E-state index contributed by atoms with van der Waals surface area (Å²) >= 11 is 1.68. The van der Waals surface area contributed by atoms with Crippen LogP contribution in [-0.2, 0) is 11.3 Å². The van der Waals surface area contributed by atoms with Gasteiger partial charge in [0, 0.05) is 36.6 Å². The van der Waals surface area contributed by atoms with Crippen molar-refractivity contribution in [3.8, 4) is 11.5 Å². The minimum atomic E-state index is -0.238. The van der Waals surface area contributed by atoms with E-state index in [0.29, 0.717) is 38.0 Å². The first-order valence-corrected chi connectivity index (χ1v) is 9.53. The molecule has 0 radical (unpaired) electrons. The molecular formula is C17H22N4O3S. The summed E-state index contributed by atoms with van der Waals surface area (Å²) in [6.45, 7) is 5.68. The van der Waals surface area contributed by atoms with Crippen LogP contribution in [0.1, 0.15) is 12.7 Å². The number of amides is 1. The fraction of sp³-hybridized carbons (Fsp3) is 0.471. The molecule has 0 saturated carbocycles. The smallest absolute Gasteiger partial charge is 0.409 e. The maximum absolute atomic E-state index is 11.7. The summed E-state index contributed by atoms with van der Waals surface area (Å²) in [7, 11) is 0. The molecule has 3 rings (SSSR count). The quantitative estimate of drug-likeness (QED) is 0.757. The molecule has 1 aromatic heterocycles. The van der Waals surface area contributed by atoms with Crippen molar-refractivity contribution in [2.24, 2.45) is 0 Å². The van der Waals surface area contributed by atoms with E-state index in [4.69, 9.17) is 9.26 Å². The molecule has 0 aliphatic carbocycles. The molecule has 0 N–H and O–H groups in total. The lowest BCUT2D eigenvalue weighted by molar-refractivity contribution is 0.0769. The minimum Gasteiger partial charge on any atom is -0.450 e. The zero-order chi connectivity index (χ0) is 17.6. The molecule has 1 aliphatic heterocycles. The van der Waals surface area contributed by atoms with Gasteiger partial charge in [-0.15, -0.1) is 11.8 Å². The Hall–Kier alpha value is -2.06. The van der Waals surface area contributed by atoms with Gasteiger partial charge in [0.25, 0.3) is 5.89 Å². The van der Waals surface area contributed by atoms with Crippen LogP contribution in [0.4, 0.5) is 4.79 Å². The van der Waals surface area contributed by atoms with Gasteiger partial charge in [-0.25, -0.2) is 4.79 Å². The topological polar surface area (TPSA) is 71.7 Å². The summed E-state index contributed by atoms with van der Waals surface area (Å²) in [4.78, 5) is 21.3. The van der Waals surface area contributed by atoms with Crippen molar-refractivity contribution in [1.82, 2.24) is 19.9 Å². The first-order chi connectivity index (χ1) is 12.2. The highest BCUT2D eigenvalue weighted by Gasteiger charge is 2.23. The van der Waals surface area contributed by atoms with E-state index >= 15 is 0 Å². The largest absolute Gasteiger partial charge is 0.450 e. The van der Waals surface area contributed by atoms with Crippen LogP contribution < -0.4 is 0 Å². The number of thioether (sulfide) groups is 1. The third-order valence-corrected chi connectivity index (χ3v) is 4.77. The summed E-state index contributed by atoms with van der Waals surface area (Å²) in [6, 6.07) is 8.04. The second kappa shape index (κ2) is 8.35. The van der Waals surface area contributed by atoms with Crippen LogP contribution in [0.15, 0.2) is 33.7 Å². The lowest BCUT2D eigenvalue weighted by atomic mass is 10.2. The number of hydrogen-bond donors (Lipinski definition) is 0. The lowest BCUT2D eigenvalue weighted by Crippen LogP contribution is -2.48. The number of aromatic nitrogens is 2. The van der Waals surface area contributed by atoms with Gasteiger partial charge >= 0.3 is 6.09 Å². The van der Waals surface area contributed by atoms with Crippen molar-refractivity contribution in [2.75, 3.05) is 39.0 Å². The second-order valence-corrected chi connectivity index (χ2v) is 6.59. The maximum Gasteiger partial charge on any atom is 0.409 e. The third kappa shape index (κ3) is 4.52. The van der Waals surface area contributed by atoms with Crippen LogP contribution in [0.3, 0.4) is 0 Å². The monoisotopic (exact) mass is 362 g/mol. The first-order valence-electron chi connectivity index (χ1n) is 8.30. The molecule has 134 valence electrons. The van der Waals surface area contributed by atoms with Gasteiger partial charge in [-0.3, -0.25) is 4.90 Å². The predicted molar refractivity (Wildman–Crippen MR) is 95.4 cm³/mol. The first kappa shape index (κ1) is 17.8. The van der Waals surface area contributed by atoms with E-state index in [9.17, 15) is 4.79 Å². The molecule has 1 aromatic carbocycles. The van der Waals surface area contributed by atoms with Gasteiger partial charge < -0.3 is 14.2 Å². The standard InChI is InChI=1S/C17H22N4O3S/c1-3-23-17(22)21-9-7-20(8-10-21)12-15-18-16(24-19-15)13-5-4-6-14(11-13)25-2/h4-6,11H,3,7-10,12H2,1-2H3. The van der Waals surface area contributed by atoms with Crippen molar-refractivity contribution in [3.63, 3.8) is 0 Å². The number of nitrogens with zero attached hydrogens (tertiary/aromatic N) is 4. The van der Waals surface area contributed by atoms with Crippen molar-refractivity contribution < 1.29 is 14.1 Å². The number of rotatable bonds is 5. The number of piperazine rings is 1. The van der Waals surface area contributed by atoms with E-state index in [2.05, 4.69) is 21.1 Å². The normalized spacial score (nSPS) is 15.4. The van der Waals surface area contributed by atoms with E-state index in [0.717, 1.165) is 23.5 Å². The van der Waals surface area contributed by atoms with Gasteiger partial charge in [-0.2, -0.15) is 4.98 Å². The molecule has 1 aliphatic rings. The van der Waals surface area contributed by atoms with Gasteiger partial charge in [0.2, 0.25) is 0 Å². The molecule has 0 unspecified atom stereocenters. The summed E-state index contributed by atoms with van der Waals surface area (Å²) in [5.74, 6) is 1.20. The van der Waals surface area contributed by atoms with Gasteiger partial charge in [0.15, 0.2) is 5.82 Å². The Labute approximate surface area is 151 Å². The number of carbonyl (C=O) groups is 1. The Balaban J connectivity index is 1.56. The fourth-order valence-corrected chi connectivity index (χ4v) is 3.15. The average Bonchev–Trinajstić information content (AvgIpc) is 3.11. The van der Waals surface area contributed by atoms with Crippen LogP contribution >= 0.6 is 11.8 Å². The van der Waals surface area contributed by atoms with E-state index in [1.54, 1.807) is 16.7 Å². The van der Waals surface area contributed by atoms with Crippen molar-refractivity contribution in [3.05, 3.63) is 30.1 Å². The van der Waals surface area contributed by atoms with Crippen molar-refractivity contribution in [2.45, 2.75) is 18.4 Å². The summed E-state index contributed by atoms with van der Waals surface area (Å²) < 4.78 is 10.4. The molecule has 7 nitrogen and oxygen atoms in total. The zero-order valence-electron chi connectivity index (χ0n) is 14.5. The minimum absolute atomic E-state index is 0.238. The van der Waals surface area contributed by atoms with Gasteiger partial charge in [-0.05, 0) is 31.4 Å². The molecule has 2 heterocycles. The molecule has 2 aromatic rings. The predicted octanol–water partition coefficient (Wildman–Crippen LogP) is 2.73. The Morgan fingerprint density at radius 2 is 2.12 bits per heavy atom. The fourth-order valence-electron chi connectivity index (χ4n) is 2.69. The van der Waals surface area contributed by atoms with E-state index in [-0.39, 0.29) is 6.09 Å². The Morgan fingerprint density at radius 3 is 2.84 bits per heavy atom. The summed E-state index contributed by atoms with van der Waals surface area (Å²) in [5, 5.41) is 4.09. The van der Waals surface area contributed by atoms with Gasteiger partial charge in [-0.1, -0.05) is 11.2 Å². The average molecular weight is 362 g/mol. The Bertz CT molecular complexity index is 713. The number of benzene rings is 1. The van der Waals surface area contributed by atoms with Crippen LogP contribution in [0.25, 0.3) is 11.5 Å². The van der Waals surface area contributed by atoms with Gasteiger partial charge in [0.1, 0.15) is 0 Å². The number of hydrogen-bond acceptors (Lipinski definition) is 7. The van der Waals surface area contributed by atoms with E-state index < -0.39 is 0 Å². The second-order valence-electron chi connectivity index (χ2n) is 5.71. The SMILES string of the molecule is CCOC(=O)N1CCN(Cc2noc(-c3cccc(SC)c3)n2)CC1. The molecule has 1 saturated heterocycles. The number of ether oxygens (including phenoxy) is 1. The molecule has 1 amide bonds. The maximum atomic E-state index is 11.7. The van der Waals surface area contributed by atoms with Crippen LogP contribution in [0.5, 0.6) is 0 Å². The molecular weight excluding hydrogens is 340 g/mol. The molecule has 1 fully saturated rings. The molecule has 8 heteroatoms. The number of carbonyl (C=O) groups excluding carboxylic acids is 1. The summed E-state index contributed by atoms with van der Waals surface area (Å²) in [5.41, 5.74) is 0.928. The molecule has 0 atom stereocenters.